The van der Waals surface area contributed by atoms with Gasteiger partial charge in [-0.2, -0.15) is 0 Å². The van der Waals surface area contributed by atoms with Crippen LogP contribution in [-0.2, 0) is 14.3 Å². The summed E-state index contributed by atoms with van der Waals surface area (Å²) in [6, 6.07) is -1.40. The smallest absolute Gasteiger partial charge is 0.328 e. The van der Waals surface area contributed by atoms with Crippen molar-refractivity contribution in [2.24, 2.45) is 0 Å². The van der Waals surface area contributed by atoms with E-state index < -0.39 is 29.6 Å². The molecule has 1 rings (SSSR count). The molecule has 0 aromatic heterocycles. The first-order valence-corrected chi connectivity index (χ1v) is 5.58. The van der Waals surface area contributed by atoms with Crippen LogP contribution in [-0.4, -0.2) is 64.7 Å². The summed E-state index contributed by atoms with van der Waals surface area (Å²) in [4.78, 5) is 36.4. The highest BCUT2D eigenvalue weighted by Gasteiger charge is 2.40. The Morgan fingerprint density at radius 1 is 1.44 bits per heavy atom. The van der Waals surface area contributed by atoms with Crippen molar-refractivity contribution < 1.29 is 24.2 Å². The van der Waals surface area contributed by atoms with Crippen LogP contribution in [0.2, 0.25) is 0 Å². The number of rotatable bonds is 3. The van der Waals surface area contributed by atoms with Gasteiger partial charge in [-0.05, 0) is 20.8 Å². The fourth-order valence-electron chi connectivity index (χ4n) is 1.67. The Kier molecular flexibility index (Phi) is 3.83. The average molecular weight is 258 g/mol. The second-order valence-corrected chi connectivity index (χ2v) is 5.21. The number of hydrogen-bond acceptors (Lipinski definition) is 4. The molecule has 0 radical (unpaired) electrons. The maximum Gasteiger partial charge on any atom is 0.328 e. The molecule has 0 aromatic rings. The molecule has 0 aromatic carbocycles. The number of carboxylic acid groups (broad SMARTS) is 1. The minimum absolute atomic E-state index is 0.0100. The van der Waals surface area contributed by atoms with E-state index >= 15 is 0 Å². The summed E-state index contributed by atoms with van der Waals surface area (Å²) in [5, 5.41) is 8.90. The quantitative estimate of drug-likeness (QED) is 0.728. The van der Waals surface area contributed by atoms with Gasteiger partial charge in [0.25, 0.3) is 0 Å². The van der Waals surface area contributed by atoms with Gasteiger partial charge in [0.15, 0.2) is 0 Å². The van der Waals surface area contributed by atoms with Crippen LogP contribution in [0.15, 0.2) is 0 Å². The number of carboxylic acids is 1. The Balaban J connectivity index is 2.62. The van der Waals surface area contributed by atoms with Crippen LogP contribution in [0.3, 0.4) is 0 Å². The standard InChI is InChI=1S/C11H18N2O5/c1-11(2,3)18-8(14)6-13-5-7(9(15)16)12(4)10(13)17/h7H,5-6H2,1-4H3,(H,15,16). The van der Waals surface area contributed by atoms with Gasteiger partial charge in [0.2, 0.25) is 0 Å². The van der Waals surface area contributed by atoms with Crippen molar-refractivity contribution in [3.05, 3.63) is 0 Å². The number of carbonyl (C=O) groups excluding carboxylic acids is 2. The Morgan fingerprint density at radius 3 is 2.39 bits per heavy atom. The number of hydrogen-bond donors (Lipinski definition) is 1. The number of esters is 1. The van der Waals surface area contributed by atoms with E-state index in [1.807, 2.05) is 0 Å². The van der Waals surface area contributed by atoms with E-state index in [2.05, 4.69) is 0 Å². The van der Waals surface area contributed by atoms with E-state index in [0.717, 1.165) is 4.90 Å². The molecule has 7 heteroatoms. The lowest BCUT2D eigenvalue weighted by molar-refractivity contribution is -0.155. The van der Waals surface area contributed by atoms with E-state index in [4.69, 9.17) is 9.84 Å². The number of aliphatic carboxylic acids is 1. The van der Waals surface area contributed by atoms with Crippen molar-refractivity contribution in [3.8, 4) is 0 Å². The highest BCUT2D eigenvalue weighted by Crippen LogP contribution is 2.15. The first-order chi connectivity index (χ1) is 8.11. The van der Waals surface area contributed by atoms with E-state index in [9.17, 15) is 14.4 Å². The van der Waals surface area contributed by atoms with Crippen LogP contribution in [0.1, 0.15) is 20.8 Å². The molecule has 2 amide bonds. The summed E-state index contributed by atoms with van der Waals surface area (Å²) >= 11 is 0. The second-order valence-electron chi connectivity index (χ2n) is 5.21. The molecule has 0 spiro atoms. The average Bonchev–Trinajstić information content (AvgIpc) is 2.43. The van der Waals surface area contributed by atoms with Gasteiger partial charge in [-0.3, -0.25) is 4.79 Å². The van der Waals surface area contributed by atoms with E-state index in [1.54, 1.807) is 20.8 Å². The van der Waals surface area contributed by atoms with E-state index in [1.165, 1.54) is 11.9 Å². The van der Waals surface area contributed by atoms with Crippen molar-refractivity contribution in [1.82, 2.24) is 9.80 Å². The topological polar surface area (TPSA) is 87.2 Å². The predicted octanol–water partition coefficient (Wildman–Crippen LogP) is 0.149. The maximum absolute atomic E-state index is 11.7. The molecule has 1 aliphatic heterocycles. The maximum atomic E-state index is 11.7. The molecule has 1 N–H and O–H groups in total. The lowest BCUT2D eigenvalue weighted by Crippen LogP contribution is -2.37. The molecule has 102 valence electrons. The lowest BCUT2D eigenvalue weighted by Gasteiger charge is -2.22. The Labute approximate surface area is 105 Å². The molecule has 7 nitrogen and oxygen atoms in total. The van der Waals surface area contributed by atoms with Gasteiger partial charge in [0, 0.05) is 7.05 Å². The second kappa shape index (κ2) is 4.83. The Morgan fingerprint density at radius 2 is 2.00 bits per heavy atom. The minimum atomic E-state index is -1.09. The summed E-state index contributed by atoms with van der Waals surface area (Å²) in [5.41, 5.74) is -0.627. The van der Waals surface area contributed by atoms with Crippen molar-refractivity contribution in [2.45, 2.75) is 32.4 Å². The van der Waals surface area contributed by atoms with Crippen LogP contribution in [0.4, 0.5) is 4.79 Å². The van der Waals surface area contributed by atoms with Crippen molar-refractivity contribution in [1.29, 1.82) is 0 Å². The van der Waals surface area contributed by atoms with Crippen LogP contribution < -0.4 is 0 Å². The van der Waals surface area contributed by atoms with Gasteiger partial charge in [-0.25, -0.2) is 9.59 Å². The third-order valence-corrected chi connectivity index (χ3v) is 2.46. The van der Waals surface area contributed by atoms with E-state index in [-0.39, 0.29) is 13.1 Å². The zero-order valence-electron chi connectivity index (χ0n) is 11.0. The van der Waals surface area contributed by atoms with Gasteiger partial charge in [-0.1, -0.05) is 0 Å². The first-order valence-electron chi connectivity index (χ1n) is 5.58. The summed E-state index contributed by atoms with van der Waals surface area (Å²) in [5.74, 6) is -1.63. The highest BCUT2D eigenvalue weighted by molar-refractivity contribution is 5.88. The molecule has 18 heavy (non-hydrogen) atoms. The molecule has 1 fully saturated rings. The zero-order chi connectivity index (χ0) is 14.1. The van der Waals surface area contributed by atoms with Crippen molar-refractivity contribution in [2.75, 3.05) is 20.1 Å². The van der Waals surface area contributed by atoms with Gasteiger partial charge in [0.1, 0.15) is 18.2 Å². The van der Waals surface area contributed by atoms with Gasteiger partial charge >= 0.3 is 18.0 Å². The molecule has 0 saturated carbocycles. The summed E-state index contributed by atoms with van der Waals surface area (Å²) in [6.45, 7) is 4.93. The number of ether oxygens (including phenoxy) is 1. The molecule has 1 atom stereocenters. The molecule has 1 unspecified atom stereocenters. The normalized spacial score (nSPS) is 20.2. The number of likely N-dealkylation sites (N-methyl/N-ethyl adjacent to an activating group) is 1. The van der Waals surface area contributed by atoms with E-state index in [0.29, 0.717) is 0 Å². The first kappa shape index (κ1) is 14.3. The fourth-order valence-corrected chi connectivity index (χ4v) is 1.67. The third kappa shape index (κ3) is 3.35. The largest absolute Gasteiger partial charge is 0.480 e. The lowest BCUT2D eigenvalue weighted by atomic mass is 10.2. The zero-order valence-corrected chi connectivity index (χ0v) is 11.0. The predicted molar refractivity (Wildman–Crippen MR) is 62.0 cm³/mol. The monoisotopic (exact) mass is 258 g/mol. The number of carbonyl (C=O) groups is 3. The Hall–Kier alpha value is -1.79. The summed E-state index contributed by atoms with van der Waals surface area (Å²) in [7, 11) is 1.40. The number of nitrogens with zero attached hydrogens (tertiary/aromatic N) is 2. The van der Waals surface area contributed by atoms with Gasteiger partial charge in [-0.15, -0.1) is 0 Å². The van der Waals surface area contributed by atoms with Gasteiger partial charge < -0.3 is 19.6 Å². The molecule has 1 heterocycles. The molecular weight excluding hydrogens is 240 g/mol. The third-order valence-electron chi connectivity index (χ3n) is 2.46. The van der Waals surface area contributed by atoms with Crippen molar-refractivity contribution >= 4 is 18.0 Å². The molecule has 0 bridgehead atoms. The molecular formula is C11H18N2O5. The van der Waals surface area contributed by atoms with Crippen LogP contribution in [0.25, 0.3) is 0 Å². The van der Waals surface area contributed by atoms with Gasteiger partial charge in [0.05, 0.1) is 6.54 Å². The summed E-state index contributed by atoms with van der Waals surface area (Å²) in [6.07, 6.45) is 0. The minimum Gasteiger partial charge on any atom is -0.480 e. The molecule has 1 saturated heterocycles. The van der Waals surface area contributed by atoms with Crippen molar-refractivity contribution in [3.63, 3.8) is 0 Å². The SMILES string of the molecule is CN1C(=O)N(CC(=O)OC(C)(C)C)CC1C(=O)O. The fraction of sp³-hybridized carbons (Fsp3) is 0.727. The summed E-state index contributed by atoms with van der Waals surface area (Å²) < 4.78 is 5.08. The number of urea groups is 1. The van der Waals surface area contributed by atoms with Crippen LogP contribution in [0, 0.1) is 0 Å². The Bertz CT molecular complexity index is 374. The van der Waals surface area contributed by atoms with Crippen LogP contribution >= 0.6 is 0 Å². The van der Waals surface area contributed by atoms with Crippen LogP contribution in [0.5, 0.6) is 0 Å². The molecule has 0 aliphatic carbocycles. The number of amides is 2. The molecule has 1 aliphatic rings. The highest BCUT2D eigenvalue weighted by atomic mass is 16.6.